The van der Waals surface area contributed by atoms with Gasteiger partial charge in [0.15, 0.2) is 10.9 Å². The second-order valence-electron chi connectivity index (χ2n) is 4.86. The van der Waals surface area contributed by atoms with Crippen molar-refractivity contribution in [2.45, 2.75) is 32.9 Å². The number of carbonyl (C=O) groups is 1. The van der Waals surface area contributed by atoms with Crippen molar-refractivity contribution >= 4 is 17.5 Å². The Balaban J connectivity index is 2.18. The molecule has 0 radical (unpaired) electrons. The van der Waals surface area contributed by atoms with E-state index in [9.17, 15) is 4.79 Å². The first-order valence-electron chi connectivity index (χ1n) is 6.51. The molecular weight excluding hydrogens is 268 g/mol. The van der Waals surface area contributed by atoms with Crippen LogP contribution in [0.4, 0.5) is 0 Å². The topological polar surface area (TPSA) is 42.9 Å². The number of hydrogen-bond donors (Lipinski definition) is 0. The van der Waals surface area contributed by atoms with Crippen molar-refractivity contribution in [2.75, 3.05) is 5.75 Å². The van der Waals surface area contributed by atoms with Crippen LogP contribution in [0.3, 0.4) is 0 Å². The third-order valence-electron chi connectivity index (χ3n) is 3.66. The van der Waals surface area contributed by atoms with Crippen molar-refractivity contribution < 1.29 is 4.79 Å². The molecule has 1 aromatic carbocycles. The molecule has 3 nitrogen and oxygen atoms in total. The lowest BCUT2D eigenvalue weighted by atomic mass is 9.93. The molecule has 20 heavy (non-hydrogen) atoms. The molecule has 1 aromatic heterocycles. The molecule has 1 heterocycles. The summed E-state index contributed by atoms with van der Waals surface area (Å²) in [6, 6.07) is 3.76. The van der Waals surface area contributed by atoms with Gasteiger partial charge in [0.1, 0.15) is 0 Å². The summed E-state index contributed by atoms with van der Waals surface area (Å²) in [5, 5.41) is 0.638. The van der Waals surface area contributed by atoms with Crippen LogP contribution in [0, 0.1) is 27.7 Å². The van der Waals surface area contributed by atoms with Crippen molar-refractivity contribution in [1.82, 2.24) is 9.97 Å². The molecule has 0 saturated carbocycles. The predicted molar refractivity (Wildman–Crippen MR) is 82.5 cm³/mol. The molecule has 0 amide bonds. The van der Waals surface area contributed by atoms with E-state index in [2.05, 4.69) is 23.8 Å². The fourth-order valence-electron chi connectivity index (χ4n) is 2.07. The van der Waals surface area contributed by atoms with E-state index in [4.69, 9.17) is 0 Å². The number of thioether (sulfide) groups is 1. The minimum Gasteiger partial charge on any atom is -0.293 e. The maximum atomic E-state index is 12.4. The summed E-state index contributed by atoms with van der Waals surface area (Å²) in [5.74, 6) is 0.499. The first kappa shape index (κ1) is 14.7. The monoisotopic (exact) mass is 286 g/mol. The lowest BCUT2D eigenvalue weighted by Crippen LogP contribution is -2.08. The summed E-state index contributed by atoms with van der Waals surface area (Å²) in [7, 11) is 0. The molecule has 0 bridgehead atoms. The molecule has 0 aliphatic rings. The number of aromatic nitrogens is 2. The predicted octanol–water partition coefficient (Wildman–Crippen LogP) is 3.69. The molecule has 0 N–H and O–H groups in total. The highest BCUT2D eigenvalue weighted by Gasteiger charge is 2.14. The minimum atomic E-state index is 0.131. The molecule has 104 valence electrons. The van der Waals surface area contributed by atoms with Crippen LogP contribution < -0.4 is 0 Å². The van der Waals surface area contributed by atoms with E-state index in [0.29, 0.717) is 10.9 Å². The largest absolute Gasteiger partial charge is 0.293 e. The zero-order valence-corrected chi connectivity index (χ0v) is 13.0. The Morgan fingerprint density at radius 2 is 1.70 bits per heavy atom. The number of Topliss-reactive ketones (excluding diaryl/α,β-unsaturated/α-hetero) is 1. The van der Waals surface area contributed by atoms with Gasteiger partial charge in [-0.05, 0) is 62.1 Å². The maximum Gasteiger partial charge on any atom is 0.187 e. The van der Waals surface area contributed by atoms with Crippen molar-refractivity contribution in [3.63, 3.8) is 0 Å². The van der Waals surface area contributed by atoms with Gasteiger partial charge in [-0.2, -0.15) is 0 Å². The van der Waals surface area contributed by atoms with Crippen LogP contribution >= 0.6 is 11.8 Å². The lowest BCUT2D eigenvalue weighted by Gasteiger charge is -2.13. The fraction of sp³-hybridized carbons (Fsp3) is 0.312. The van der Waals surface area contributed by atoms with Crippen LogP contribution in [-0.4, -0.2) is 21.5 Å². The number of carbonyl (C=O) groups excluding carboxylic acids is 1. The number of ketones is 1. The van der Waals surface area contributed by atoms with Gasteiger partial charge in [-0.15, -0.1) is 0 Å². The third-order valence-corrected chi connectivity index (χ3v) is 4.53. The van der Waals surface area contributed by atoms with Crippen LogP contribution in [0.15, 0.2) is 29.7 Å². The second-order valence-corrected chi connectivity index (χ2v) is 5.80. The van der Waals surface area contributed by atoms with E-state index in [0.717, 1.165) is 16.7 Å². The molecule has 0 fully saturated rings. The van der Waals surface area contributed by atoms with E-state index in [1.165, 1.54) is 22.9 Å². The smallest absolute Gasteiger partial charge is 0.187 e. The Labute approximate surface area is 123 Å². The van der Waals surface area contributed by atoms with Crippen molar-refractivity contribution in [1.29, 1.82) is 0 Å². The van der Waals surface area contributed by atoms with Gasteiger partial charge in [-0.1, -0.05) is 11.8 Å². The quantitative estimate of drug-likeness (QED) is 0.488. The van der Waals surface area contributed by atoms with Gasteiger partial charge in [0, 0.05) is 18.0 Å². The number of nitrogens with zero attached hydrogens (tertiary/aromatic N) is 2. The SMILES string of the molecule is Cc1cc(C(=O)CSc2ncccn2)c(C)c(C)c1C. The molecule has 0 atom stereocenters. The Bertz CT molecular complexity index is 639. The van der Waals surface area contributed by atoms with Gasteiger partial charge in [0.05, 0.1) is 5.75 Å². The normalized spacial score (nSPS) is 10.6. The summed E-state index contributed by atoms with van der Waals surface area (Å²) in [6.45, 7) is 8.23. The fourth-order valence-corrected chi connectivity index (χ4v) is 2.76. The first-order chi connectivity index (χ1) is 9.50. The van der Waals surface area contributed by atoms with Gasteiger partial charge in [0.2, 0.25) is 0 Å². The highest BCUT2D eigenvalue weighted by atomic mass is 32.2. The van der Waals surface area contributed by atoms with Gasteiger partial charge in [-0.25, -0.2) is 9.97 Å². The van der Waals surface area contributed by atoms with Crippen molar-refractivity contribution in [3.05, 3.63) is 52.3 Å². The average Bonchev–Trinajstić information content (AvgIpc) is 2.47. The molecular formula is C16H18N2OS. The Kier molecular flexibility index (Phi) is 4.55. The summed E-state index contributed by atoms with van der Waals surface area (Å²) in [6.07, 6.45) is 3.37. The number of rotatable bonds is 4. The highest BCUT2D eigenvalue weighted by molar-refractivity contribution is 7.99. The number of aryl methyl sites for hydroxylation is 1. The lowest BCUT2D eigenvalue weighted by molar-refractivity contribution is 0.102. The zero-order chi connectivity index (χ0) is 14.7. The van der Waals surface area contributed by atoms with Crippen LogP contribution in [0.1, 0.15) is 32.6 Å². The van der Waals surface area contributed by atoms with Crippen molar-refractivity contribution in [2.24, 2.45) is 0 Å². The Hall–Kier alpha value is -1.68. The molecule has 2 rings (SSSR count). The van der Waals surface area contributed by atoms with Gasteiger partial charge >= 0.3 is 0 Å². The van der Waals surface area contributed by atoms with E-state index in [1.807, 2.05) is 19.9 Å². The zero-order valence-electron chi connectivity index (χ0n) is 12.2. The average molecular weight is 286 g/mol. The third kappa shape index (κ3) is 3.07. The molecule has 0 aliphatic heterocycles. The maximum absolute atomic E-state index is 12.4. The van der Waals surface area contributed by atoms with Crippen molar-refractivity contribution in [3.8, 4) is 0 Å². The van der Waals surface area contributed by atoms with E-state index in [1.54, 1.807) is 18.5 Å². The molecule has 0 saturated heterocycles. The van der Waals surface area contributed by atoms with Gasteiger partial charge < -0.3 is 0 Å². The summed E-state index contributed by atoms with van der Waals surface area (Å²) < 4.78 is 0. The van der Waals surface area contributed by atoms with Crippen LogP contribution in [-0.2, 0) is 0 Å². The molecule has 0 unspecified atom stereocenters. The van der Waals surface area contributed by atoms with Gasteiger partial charge in [0.25, 0.3) is 0 Å². The van der Waals surface area contributed by atoms with Crippen LogP contribution in [0.2, 0.25) is 0 Å². The van der Waals surface area contributed by atoms with E-state index < -0.39 is 0 Å². The Morgan fingerprint density at radius 1 is 1.05 bits per heavy atom. The highest BCUT2D eigenvalue weighted by Crippen LogP contribution is 2.23. The molecule has 0 spiro atoms. The number of hydrogen-bond acceptors (Lipinski definition) is 4. The standard InChI is InChI=1S/C16H18N2OS/c1-10-8-14(13(4)12(3)11(10)2)15(19)9-20-16-17-6-5-7-18-16/h5-8H,9H2,1-4H3. The van der Waals surface area contributed by atoms with Crippen LogP contribution in [0.5, 0.6) is 0 Å². The summed E-state index contributed by atoms with van der Waals surface area (Å²) >= 11 is 1.38. The van der Waals surface area contributed by atoms with E-state index >= 15 is 0 Å². The number of benzene rings is 1. The van der Waals surface area contributed by atoms with Crippen LogP contribution in [0.25, 0.3) is 0 Å². The minimum absolute atomic E-state index is 0.131. The Morgan fingerprint density at radius 3 is 2.35 bits per heavy atom. The first-order valence-corrected chi connectivity index (χ1v) is 7.49. The summed E-state index contributed by atoms with van der Waals surface area (Å²) in [5.41, 5.74) is 5.52. The second kappa shape index (κ2) is 6.18. The molecule has 4 heteroatoms. The molecule has 2 aromatic rings. The van der Waals surface area contributed by atoms with E-state index in [-0.39, 0.29) is 5.78 Å². The summed E-state index contributed by atoms with van der Waals surface area (Å²) in [4.78, 5) is 20.6. The molecule has 0 aliphatic carbocycles. The van der Waals surface area contributed by atoms with Gasteiger partial charge in [-0.3, -0.25) is 4.79 Å².